The number of aromatic nitrogens is 3. The van der Waals surface area contributed by atoms with Crippen molar-refractivity contribution in [3.8, 4) is 28.4 Å². The smallest absolute Gasteiger partial charge is 0.192 e. The number of nitrogens with zero attached hydrogens (tertiary/aromatic N) is 4. The van der Waals surface area contributed by atoms with Crippen LogP contribution in [0.25, 0.3) is 22.6 Å². The normalized spacial score (nSPS) is 17.6. The van der Waals surface area contributed by atoms with Crippen LogP contribution >= 0.6 is 11.6 Å². The van der Waals surface area contributed by atoms with Crippen LogP contribution in [-0.4, -0.2) is 72.8 Å². The molecule has 11 heteroatoms. The van der Waals surface area contributed by atoms with Gasteiger partial charge in [0.2, 0.25) is 0 Å². The molecule has 1 unspecified atom stereocenters. The molecule has 198 valence electrons. The van der Waals surface area contributed by atoms with E-state index in [1.165, 1.54) is 0 Å². The largest absolute Gasteiger partial charge is 0.491 e. The first-order valence-electron chi connectivity index (χ1n) is 12.4. The number of likely N-dealkylation sites (N-methyl/N-ethyl adjacent to an activating group) is 1. The minimum absolute atomic E-state index is 0.0986. The van der Waals surface area contributed by atoms with Crippen LogP contribution in [0.2, 0.25) is 5.02 Å². The molecule has 0 radical (unpaired) electrons. The second kappa shape index (κ2) is 10.5. The number of anilines is 1. The highest BCUT2D eigenvalue weighted by molar-refractivity contribution is 6.33. The Morgan fingerprint density at radius 3 is 2.68 bits per heavy atom. The second-order valence-electron chi connectivity index (χ2n) is 9.87. The number of hydrogen-bond donors (Lipinski definition) is 2. The summed E-state index contributed by atoms with van der Waals surface area (Å²) in [6, 6.07) is 5.10. The molecule has 2 N–H and O–H groups in total. The monoisotopic (exact) mass is 531 g/mol. The lowest BCUT2D eigenvalue weighted by molar-refractivity contribution is -0.000667. The zero-order chi connectivity index (χ0) is 26.2. The Morgan fingerprint density at radius 2 is 2.00 bits per heavy atom. The number of nitrogens with one attached hydrogen (secondary N) is 1. The van der Waals surface area contributed by atoms with Crippen molar-refractivity contribution in [2.24, 2.45) is 5.41 Å². The van der Waals surface area contributed by atoms with Crippen molar-refractivity contribution in [2.45, 2.75) is 32.8 Å². The number of aryl methyl sites for hydroxylation is 2. The van der Waals surface area contributed by atoms with Crippen LogP contribution in [0.4, 0.5) is 10.2 Å². The van der Waals surface area contributed by atoms with Gasteiger partial charge in [-0.25, -0.2) is 14.4 Å². The Labute approximate surface area is 219 Å². The molecule has 0 aliphatic carbocycles. The lowest BCUT2D eigenvalue weighted by Gasteiger charge is -2.52. The van der Waals surface area contributed by atoms with Crippen LogP contribution in [0.5, 0.6) is 5.75 Å². The topological polar surface area (TPSA) is 106 Å². The van der Waals surface area contributed by atoms with Gasteiger partial charge in [0.1, 0.15) is 29.9 Å². The summed E-state index contributed by atoms with van der Waals surface area (Å²) in [7, 11) is 1.76. The van der Waals surface area contributed by atoms with E-state index >= 15 is 4.39 Å². The van der Waals surface area contributed by atoms with Crippen LogP contribution in [0.3, 0.4) is 0 Å². The molecule has 0 amide bonds. The van der Waals surface area contributed by atoms with Crippen molar-refractivity contribution < 1.29 is 23.5 Å². The van der Waals surface area contributed by atoms with E-state index in [-0.39, 0.29) is 29.4 Å². The van der Waals surface area contributed by atoms with Crippen molar-refractivity contribution in [2.75, 3.05) is 51.4 Å². The third kappa shape index (κ3) is 5.16. The van der Waals surface area contributed by atoms with Crippen molar-refractivity contribution in [3.05, 3.63) is 40.5 Å². The molecule has 1 spiro atoms. The molecule has 0 saturated carbocycles. The van der Waals surface area contributed by atoms with Gasteiger partial charge >= 0.3 is 0 Å². The average molecular weight is 532 g/mol. The van der Waals surface area contributed by atoms with Gasteiger partial charge in [-0.1, -0.05) is 16.8 Å². The molecule has 2 aromatic heterocycles. The van der Waals surface area contributed by atoms with E-state index in [4.69, 9.17) is 25.6 Å². The van der Waals surface area contributed by atoms with Gasteiger partial charge in [0, 0.05) is 43.8 Å². The Kier molecular flexibility index (Phi) is 7.35. The molecule has 4 heterocycles. The predicted molar refractivity (Wildman–Crippen MR) is 138 cm³/mol. The Balaban J connectivity index is 1.54. The fourth-order valence-electron chi connectivity index (χ4n) is 5.04. The van der Waals surface area contributed by atoms with Crippen LogP contribution in [0.15, 0.2) is 22.7 Å². The Hall–Kier alpha value is -2.79. The van der Waals surface area contributed by atoms with E-state index < -0.39 is 11.9 Å². The molecule has 2 aliphatic heterocycles. The average Bonchev–Trinajstić information content (AvgIpc) is 3.20. The summed E-state index contributed by atoms with van der Waals surface area (Å²) in [6.45, 7) is 6.83. The van der Waals surface area contributed by atoms with Crippen LogP contribution < -0.4 is 15.0 Å². The maximum absolute atomic E-state index is 16.0. The first kappa shape index (κ1) is 25.8. The molecule has 0 bridgehead atoms. The third-order valence-corrected chi connectivity index (χ3v) is 7.40. The summed E-state index contributed by atoms with van der Waals surface area (Å²) in [6.07, 6.45) is 1.22. The molecule has 37 heavy (non-hydrogen) atoms. The number of aliphatic hydroxyl groups is 1. The van der Waals surface area contributed by atoms with Crippen molar-refractivity contribution in [3.63, 3.8) is 0 Å². The van der Waals surface area contributed by atoms with Gasteiger partial charge < -0.3 is 29.3 Å². The molecule has 5 rings (SSSR count). The molecular formula is C26H31ClFN5O4. The lowest BCUT2D eigenvalue weighted by atomic mass is 9.73. The molecule has 2 aliphatic rings. The molecule has 2 saturated heterocycles. The second-order valence-corrected chi connectivity index (χ2v) is 10.3. The van der Waals surface area contributed by atoms with Crippen molar-refractivity contribution in [1.29, 1.82) is 0 Å². The van der Waals surface area contributed by atoms with Gasteiger partial charge in [-0.05, 0) is 51.9 Å². The predicted octanol–water partition coefficient (Wildman–Crippen LogP) is 3.78. The van der Waals surface area contributed by atoms with Gasteiger partial charge in [-0.15, -0.1) is 0 Å². The zero-order valence-electron chi connectivity index (χ0n) is 21.2. The van der Waals surface area contributed by atoms with E-state index in [2.05, 4.69) is 20.4 Å². The van der Waals surface area contributed by atoms with Crippen molar-refractivity contribution in [1.82, 2.24) is 20.4 Å². The molecule has 9 nitrogen and oxygen atoms in total. The SMILES string of the molecule is CNCC(O)COc1ccc(Cl)c(-c2nc(-c3c(C)noc3C)c(F)c(N3CC4(CCOCC4)C3)n2)c1. The van der Waals surface area contributed by atoms with E-state index in [1.54, 1.807) is 39.1 Å². The first-order valence-corrected chi connectivity index (χ1v) is 12.8. The van der Waals surface area contributed by atoms with Gasteiger partial charge in [-0.3, -0.25) is 0 Å². The summed E-state index contributed by atoms with van der Waals surface area (Å²) in [5, 5.41) is 17.3. The molecule has 3 aromatic rings. The van der Waals surface area contributed by atoms with Gasteiger partial charge in [0.15, 0.2) is 17.5 Å². The number of ether oxygens (including phenoxy) is 2. The van der Waals surface area contributed by atoms with E-state index in [9.17, 15) is 5.11 Å². The standard InChI is InChI=1S/C26H31ClFN5O4/c1-15-21(16(2)37-32-15)23-22(28)25(33-13-26(14-33)6-8-35-9-7-26)31-24(30-23)19-10-18(4-5-20(19)27)36-12-17(34)11-29-3/h4-5,10,17,29,34H,6-9,11-14H2,1-3H3. The van der Waals surface area contributed by atoms with Crippen LogP contribution in [0, 0.1) is 25.1 Å². The minimum Gasteiger partial charge on any atom is -0.491 e. The number of hydrogen-bond acceptors (Lipinski definition) is 9. The molecule has 2 fully saturated rings. The number of rotatable bonds is 8. The first-order chi connectivity index (χ1) is 17.8. The summed E-state index contributed by atoms with van der Waals surface area (Å²) in [5.41, 5.74) is 1.79. The highest BCUT2D eigenvalue weighted by Crippen LogP contribution is 2.44. The Morgan fingerprint density at radius 1 is 1.24 bits per heavy atom. The highest BCUT2D eigenvalue weighted by Gasteiger charge is 2.45. The Bertz CT molecular complexity index is 1250. The van der Waals surface area contributed by atoms with Crippen molar-refractivity contribution >= 4 is 17.4 Å². The van der Waals surface area contributed by atoms with Crippen LogP contribution in [0.1, 0.15) is 24.3 Å². The quantitative estimate of drug-likeness (QED) is 0.449. The third-order valence-electron chi connectivity index (χ3n) is 7.07. The molecular weight excluding hydrogens is 501 g/mol. The van der Waals surface area contributed by atoms with Gasteiger partial charge in [-0.2, -0.15) is 0 Å². The van der Waals surface area contributed by atoms with Gasteiger partial charge in [0.05, 0.1) is 16.3 Å². The van der Waals surface area contributed by atoms with Gasteiger partial charge in [0.25, 0.3) is 0 Å². The molecule has 1 aromatic carbocycles. The molecule has 1 atom stereocenters. The lowest BCUT2D eigenvalue weighted by Crippen LogP contribution is -2.59. The minimum atomic E-state index is -0.673. The number of halogens is 2. The summed E-state index contributed by atoms with van der Waals surface area (Å²) in [5.74, 6) is 0.944. The van der Waals surface area contributed by atoms with E-state index in [1.807, 2.05) is 4.90 Å². The highest BCUT2D eigenvalue weighted by atomic mass is 35.5. The fraction of sp³-hybridized carbons (Fsp3) is 0.500. The number of benzene rings is 1. The summed E-state index contributed by atoms with van der Waals surface area (Å²) < 4.78 is 32.6. The maximum atomic E-state index is 16.0. The van der Waals surface area contributed by atoms with E-state index in [0.29, 0.717) is 53.0 Å². The zero-order valence-corrected chi connectivity index (χ0v) is 21.9. The van der Waals surface area contributed by atoms with E-state index in [0.717, 1.165) is 26.1 Å². The fourth-order valence-corrected chi connectivity index (χ4v) is 5.24. The summed E-state index contributed by atoms with van der Waals surface area (Å²) >= 11 is 6.57. The maximum Gasteiger partial charge on any atom is 0.192 e. The van der Waals surface area contributed by atoms with Crippen LogP contribution in [-0.2, 0) is 4.74 Å². The summed E-state index contributed by atoms with van der Waals surface area (Å²) in [4.78, 5) is 11.2. The number of aliphatic hydroxyl groups excluding tert-OH is 1.